The summed E-state index contributed by atoms with van der Waals surface area (Å²) in [5, 5.41) is 5.68. The molecule has 200 valence electrons. The first-order chi connectivity index (χ1) is 16.9. The lowest BCUT2D eigenvalue weighted by atomic mass is 9.96. The summed E-state index contributed by atoms with van der Waals surface area (Å²) in [5.74, 6) is -1.19. The van der Waals surface area contributed by atoms with Gasteiger partial charge >= 0.3 is 5.69 Å². The normalized spacial score (nSPS) is 15.0. The molecule has 3 N–H and O–H groups in total. The SMILES string of the molecule is CCOP(=O)(C[C@@H](CC(C)C)C(=O)N[C@@H](CC(C)C)C(=O)NC)Cn1c(=O)[nH]c2ccccc2c1=O. The summed E-state index contributed by atoms with van der Waals surface area (Å²) in [6.45, 7) is 9.54. The van der Waals surface area contributed by atoms with Gasteiger partial charge in [0.05, 0.1) is 17.5 Å². The van der Waals surface area contributed by atoms with E-state index >= 15 is 0 Å². The Morgan fingerprint density at radius 2 is 1.69 bits per heavy atom. The number of aromatic nitrogens is 2. The zero-order chi connectivity index (χ0) is 27.0. The number of amides is 2. The predicted molar refractivity (Wildman–Crippen MR) is 141 cm³/mol. The topological polar surface area (TPSA) is 139 Å². The molecule has 0 spiro atoms. The zero-order valence-corrected chi connectivity index (χ0v) is 22.9. The molecule has 0 aliphatic carbocycles. The molecule has 1 aromatic carbocycles. The Morgan fingerprint density at radius 3 is 2.28 bits per heavy atom. The van der Waals surface area contributed by atoms with E-state index in [0.29, 0.717) is 23.7 Å². The largest absolute Gasteiger partial charge is 0.357 e. The summed E-state index contributed by atoms with van der Waals surface area (Å²) in [7, 11) is -2.15. The van der Waals surface area contributed by atoms with Crippen LogP contribution < -0.4 is 21.9 Å². The molecule has 2 aromatic rings. The number of hydrogen-bond acceptors (Lipinski definition) is 6. The highest BCUT2D eigenvalue weighted by molar-refractivity contribution is 7.57. The van der Waals surface area contributed by atoms with Gasteiger partial charge < -0.3 is 20.1 Å². The van der Waals surface area contributed by atoms with Crippen LogP contribution in [0.1, 0.15) is 47.5 Å². The number of carbonyl (C=O) groups excluding carboxylic acids is 2. The molecule has 0 aliphatic heterocycles. The van der Waals surface area contributed by atoms with Crippen LogP contribution in [-0.2, 0) is 25.0 Å². The van der Waals surface area contributed by atoms with E-state index < -0.39 is 42.8 Å². The second kappa shape index (κ2) is 13.0. The average molecular weight is 523 g/mol. The molecule has 1 unspecified atom stereocenters. The Morgan fingerprint density at radius 1 is 1.06 bits per heavy atom. The summed E-state index contributed by atoms with van der Waals surface area (Å²) in [5.41, 5.74) is -0.881. The first kappa shape index (κ1) is 29.5. The number of nitrogens with one attached hydrogen (secondary N) is 3. The van der Waals surface area contributed by atoms with E-state index in [-0.39, 0.29) is 30.5 Å². The Balaban J connectivity index is 2.40. The highest BCUT2D eigenvalue weighted by atomic mass is 31.2. The van der Waals surface area contributed by atoms with Gasteiger partial charge in [-0.2, -0.15) is 0 Å². The van der Waals surface area contributed by atoms with Gasteiger partial charge in [0.15, 0.2) is 0 Å². The van der Waals surface area contributed by atoms with E-state index in [2.05, 4.69) is 15.6 Å². The van der Waals surface area contributed by atoms with Crippen LogP contribution in [0.15, 0.2) is 33.9 Å². The number of nitrogens with zero attached hydrogens (tertiary/aromatic N) is 1. The molecule has 36 heavy (non-hydrogen) atoms. The Hall–Kier alpha value is -2.71. The van der Waals surface area contributed by atoms with Crippen LogP contribution in [0.5, 0.6) is 0 Å². The zero-order valence-electron chi connectivity index (χ0n) is 22.0. The van der Waals surface area contributed by atoms with Gasteiger partial charge in [-0.05, 0) is 43.7 Å². The van der Waals surface area contributed by atoms with Crippen LogP contribution in [0.2, 0.25) is 0 Å². The van der Waals surface area contributed by atoms with Gasteiger partial charge in [-0.1, -0.05) is 39.8 Å². The number of fused-ring (bicyclic) bond motifs is 1. The molecule has 0 fully saturated rings. The van der Waals surface area contributed by atoms with Crippen LogP contribution in [0.25, 0.3) is 10.9 Å². The fourth-order valence-corrected chi connectivity index (χ4v) is 6.71. The highest BCUT2D eigenvalue weighted by Crippen LogP contribution is 2.50. The molecule has 10 nitrogen and oxygen atoms in total. The summed E-state index contributed by atoms with van der Waals surface area (Å²) in [6.07, 6.45) is 0.233. The van der Waals surface area contributed by atoms with E-state index in [9.17, 15) is 23.7 Å². The van der Waals surface area contributed by atoms with Crippen molar-refractivity contribution < 1.29 is 18.7 Å². The van der Waals surface area contributed by atoms with Crippen molar-refractivity contribution in [1.29, 1.82) is 0 Å². The fourth-order valence-electron chi connectivity index (χ4n) is 4.27. The number of hydrogen-bond donors (Lipinski definition) is 3. The third-order valence-electron chi connectivity index (χ3n) is 5.82. The van der Waals surface area contributed by atoms with E-state index in [1.54, 1.807) is 31.2 Å². The number of benzene rings is 1. The first-order valence-corrected chi connectivity index (χ1v) is 14.4. The summed E-state index contributed by atoms with van der Waals surface area (Å²) in [6, 6.07) is 5.85. The van der Waals surface area contributed by atoms with Crippen molar-refractivity contribution in [2.24, 2.45) is 17.8 Å². The van der Waals surface area contributed by atoms with Gasteiger partial charge in [0, 0.05) is 19.1 Å². The van der Waals surface area contributed by atoms with Crippen LogP contribution in [0.3, 0.4) is 0 Å². The van der Waals surface area contributed by atoms with Crippen molar-refractivity contribution in [1.82, 2.24) is 20.2 Å². The van der Waals surface area contributed by atoms with Gasteiger partial charge in [0.1, 0.15) is 12.3 Å². The van der Waals surface area contributed by atoms with Crippen LogP contribution in [0.4, 0.5) is 0 Å². The van der Waals surface area contributed by atoms with Crippen molar-refractivity contribution in [2.75, 3.05) is 19.8 Å². The quantitative estimate of drug-likeness (QED) is 0.346. The molecule has 0 saturated carbocycles. The molecular formula is C25H39N4O6P. The minimum absolute atomic E-state index is 0.0851. The highest BCUT2D eigenvalue weighted by Gasteiger charge is 2.35. The molecule has 2 rings (SSSR count). The van der Waals surface area contributed by atoms with Crippen molar-refractivity contribution in [3.8, 4) is 0 Å². The third kappa shape index (κ3) is 7.90. The number of para-hydroxylation sites is 1. The second-order valence-corrected chi connectivity index (χ2v) is 12.4. The van der Waals surface area contributed by atoms with Crippen LogP contribution in [0, 0.1) is 17.8 Å². The Labute approximate surface area is 211 Å². The van der Waals surface area contributed by atoms with Gasteiger partial charge in [-0.25, -0.2) is 4.79 Å². The van der Waals surface area contributed by atoms with Crippen LogP contribution >= 0.6 is 7.37 Å². The standard InChI is InChI=1S/C25H39N4O6P/c1-7-35-36(34,15-29-24(32)19-10-8-9-11-20(19)28-25(29)33)14-18(12-16(2)3)22(30)27-21(13-17(4)5)23(31)26-6/h8-11,16-18,21H,7,12-15H2,1-6H3,(H,26,31)(H,27,30)(H,28,33)/t18-,21+,36?/m1/s1. The van der Waals surface area contributed by atoms with Gasteiger partial charge in [-0.15, -0.1) is 0 Å². The number of rotatable bonds is 13. The predicted octanol–water partition coefficient (Wildman–Crippen LogP) is 2.90. The van der Waals surface area contributed by atoms with Gasteiger partial charge in [0.25, 0.3) is 5.56 Å². The molecule has 1 aromatic heterocycles. The molecule has 0 bridgehead atoms. The maximum absolute atomic E-state index is 14.0. The molecule has 11 heteroatoms. The monoisotopic (exact) mass is 522 g/mol. The van der Waals surface area contributed by atoms with Gasteiger partial charge in [-0.3, -0.25) is 23.5 Å². The summed E-state index contributed by atoms with van der Waals surface area (Å²) < 4.78 is 20.5. The molecule has 3 atom stereocenters. The van der Waals surface area contributed by atoms with Crippen molar-refractivity contribution in [3.05, 3.63) is 45.1 Å². The average Bonchev–Trinajstić information content (AvgIpc) is 2.80. The van der Waals surface area contributed by atoms with E-state index in [4.69, 9.17) is 4.52 Å². The Bertz CT molecular complexity index is 1220. The summed E-state index contributed by atoms with van der Waals surface area (Å²) in [4.78, 5) is 54.1. The molecular weight excluding hydrogens is 483 g/mol. The first-order valence-electron chi connectivity index (χ1n) is 12.4. The van der Waals surface area contributed by atoms with Gasteiger partial charge in [0.2, 0.25) is 19.2 Å². The number of H-pyrrole nitrogens is 1. The minimum Gasteiger partial charge on any atom is -0.357 e. The molecule has 0 aliphatic rings. The van der Waals surface area contributed by atoms with E-state index in [1.807, 2.05) is 27.7 Å². The minimum atomic E-state index is -3.66. The lowest BCUT2D eigenvalue weighted by molar-refractivity contribution is -0.131. The molecule has 2 amide bonds. The summed E-state index contributed by atoms with van der Waals surface area (Å²) >= 11 is 0. The third-order valence-corrected chi connectivity index (χ3v) is 8.26. The lowest BCUT2D eigenvalue weighted by Crippen LogP contribution is -2.49. The van der Waals surface area contributed by atoms with Crippen molar-refractivity contribution in [3.63, 3.8) is 0 Å². The number of carbonyl (C=O) groups is 2. The Kier molecular flexibility index (Phi) is 10.7. The van der Waals surface area contributed by atoms with Crippen molar-refractivity contribution in [2.45, 2.75) is 59.8 Å². The number of aromatic amines is 1. The maximum atomic E-state index is 14.0. The smallest absolute Gasteiger partial charge is 0.329 e. The lowest BCUT2D eigenvalue weighted by Gasteiger charge is -2.27. The second-order valence-electron chi connectivity index (χ2n) is 9.90. The van der Waals surface area contributed by atoms with E-state index in [1.165, 1.54) is 7.05 Å². The molecule has 1 heterocycles. The van der Waals surface area contributed by atoms with Crippen LogP contribution in [-0.4, -0.2) is 47.2 Å². The molecule has 0 radical (unpaired) electrons. The molecule has 0 saturated heterocycles. The maximum Gasteiger partial charge on any atom is 0.329 e. The fraction of sp³-hybridized carbons (Fsp3) is 0.600. The van der Waals surface area contributed by atoms with Crippen molar-refractivity contribution >= 4 is 30.1 Å². The number of likely N-dealkylation sites (N-methyl/N-ethyl adjacent to an activating group) is 1. The van der Waals surface area contributed by atoms with E-state index in [0.717, 1.165) is 4.57 Å².